The number of rotatable bonds is 5. The first-order valence-electron chi connectivity index (χ1n) is 6.65. The maximum atomic E-state index is 11.8. The van der Waals surface area contributed by atoms with Crippen molar-refractivity contribution in [3.63, 3.8) is 0 Å². The van der Waals surface area contributed by atoms with E-state index in [2.05, 4.69) is 5.32 Å². The van der Waals surface area contributed by atoms with Crippen LogP contribution in [-0.4, -0.2) is 30.2 Å². The molecular formula is C13H26N2O2. The van der Waals surface area contributed by atoms with Gasteiger partial charge in [0.1, 0.15) is 0 Å². The number of nitrogens with one attached hydrogen (secondary N) is 1. The summed E-state index contributed by atoms with van der Waals surface area (Å²) in [5.41, 5.74) is 5.61. The molecule has 17 heavy (non-hydrogen) atoms. The van der Waals surface area contributed by atoms with Crippen molar-refractivity contribution >= 4 is 5.91 Å². The average Bonchev–Trinajstić information content (AvgIpc) is 2.36. The Balaban J connectivity index is 2.44. The molecule has 1 rings (SSSR count). The monoisotopic (exact) mass is 242 g/mol. The Kier molecular flexibility index (Phi) is 5.40. The number of aliphatic hydroxyl groups is 1. The Morgan fingerprint density at radius 3 is 2.41 bits per heavy atom. The van der Waals surface area contributed by atoms with Crippen molar-refractivity contribution in [3.05, 3.63) is 0 Å². The third-order valence-corrected chi connectivity index (χ3v) is 4.09. The summed E-state index contributed by atoms with van der Waals surface area (Å²) in [6.07, 6.45) is 5.57. The number of hydrogen-bond donors (Lipinski definition) is 3. The summed E-state index contributed by atoms with van der Waals surface area (Å²) in [5.74, 6) is -0.173. The Hall–Kier alpha value is -0.610. The van der Waals surface area contributed by atoms with E-state index in [-0.39, 0.29) is 29.9 Å². The third kappa shape index (κ3) is 3.96. The lowest BCUT2D eigenvalue weighted by Crippen LogP contribution is -2.45. The molecule has 4 nitrogen and oxygen atoms in total. The average molecular weight is 242 g/mol. The van der Waals surface area contributed by atoms with Gasteiger partial charge in [0.25, 0.3) is 0 Å². The van der Waals surface area contributed by atoms with Crippen LogP contribution in [0, 0.1) is 11.3 Å². The summed E-state index contributed by atoms with van der Waals surface area (Å²) in [6, 6.07) is -0.133. The zero-order valence-corrected chi connectivity index (χ0v) is 11.0. The largest absolute Gasteiger partial charge is 0.396 e. The number of carbonyl (C=O) groups is 1. The number of amides is 1. The summed E-state index contributed by atoms with van der Waals surface area (Å²) in [7, 11) is 0. The maximum absolute atomic E-state index is 11.8. The summed E-state index contributed by atoms with van der Waals surface area (Å²) in [5, 5.41) is 12.5. The SMILES string of the molecule is CC(N)C(C)C(=O)NCC1(CO)CCCCC1. The second kappa shape index (κ2) is 6.36. The molecule has 1 aliphatic rings. The summed E-state index contributed by atoms with van der Waals surface area (Å²) >= 11 is 0. The van der Waals surface area contributed by atoms with Gasteiger partial charge in [-0.1, -0.05) is 26.2 Å². The van der Waals surface area contributed by atoms with Crippen LogP contribution < -0.4 is 11.1 Å². The van der Waals surface area contributed by atoms with E-state index in [4.69, 9.17) is 5.73 Å². The highest BCUT2D eigenvalue weighted by Gasteiger charge is 2.32. The van der Waals surface area contributed by atoms with Crippen LogP contribution in [0.5, 0.6) is 0 Å². The Morgan fingerprint density at radius 1 is 1.35 bits per heavy atom. The minimum absolute atomic E-state index is 0.00148. The van der Waals surface area contributed by atoms with Crippen molar-refractivity contribution in [2.24, 2.45) is 17.1 Å². The lowest BCUT2D eigenvalue weighted by molar-refractivity contribution is -0.125. The van der Waals surface area contributed by atoms with Crippen LogP contribution in [0.1, 0.15) is 46.0 Å². The molecule has 0 heterocycles. The van der Waals surface area contributed by atoms with Gasteiger partial charge in [0, 0.05) is 23.9 Å². The fourth-order valence-electron chi connectivity index (χ4n) is 2.37. The lowest BCUT2D eigenvalue weighted by Gasteiger charge is -2.36. The van der Waals surface area contributed by atoms with Gasteiger partial charge >= 0.3 is 0 Å². The number of aliphatic hydroxyl groups excluding tert-OH is 1. The highest BCUT2D eigenvalue weighted by atomic mass is 16.3. The highest BCUT2D eigenvalue weighted by Crippen LogP contribution is 2.35. The Labute approximate surface area is 104 Å². The van der Waals surface area contributed by atoms with Gasteiger partial charge in [-0.25, -0.2) is 0 Å². The van der Waals surface area contributed by atoms with Crippen LogP contribution in [0.4, 0.5) is 0 Å². The van der Waals surface area contributed by atoms with Gasteiger partial charge in [-0.05, 0) is 19.8 Å². The molecule has 0 aromatic carbocycles. The standard InChI is InChI=1S/C13H26N2O2/c1-10(11(2)14)12(17)15-8-13(9-16)6-4-3-5-7-13/h10-11,16H,3-9,14H2,1-2H3,(H,15,17). The van der Waals surface area contributed by atoms with Crippen molar-refractivity contribution in [2.75, 3.05) is 13.2 Å². The molecule has 0 aromatic rings. The molecule has 1 amide bonds. The molecule has 4 heteroatoms. The summed E-state index contributed by atoms with van der Waals surface area (Å²) in [6.45, 7) is 4.43. The molecule has 0 radical (unpaired) electrons. The van der Waals surface area contributed by atoms with Crippen LogP contribution in [0.2, 0.25) is 0 Å². The van der Waals surface area contributed by atoms with Gasteiger partial charge in [0.15, 0.2) is 0 Å². The minimum atomic E-state index is -0.172. The normalized spacial score (nSPS) is 22.8. The van der Waals surface area contributed by atoms with Crippen molar-refractivity contribution in [3.8, 4) is 0 Å². The highest BCUT2D eigenvalue weighted by molar-refractivity contribution is 5.78. The van der Waals surface area contributed by atoms with E-state index in [0.29, 0.717) is 6.54 Å². The molecule has 4 N–H and O–H groups in total. The lowest BCUT2D eigenvalue weighted by atomic mass is 9.74. The first-order chi connectivity index (χ1) is 8.01. The molecule has 0 saturated heterocycles. The fourth-order valence-corrected chi connectivity index (χ4v) is 2.37. The molecule has 2 unspecified atom stereocenters. The number of carbonyl (C=O) groups excluding carboxylic acids is 1. The van der Waals surface area contributed by atoms with E-state index in [1.54, 1.807) is 0 Å². The molecule has 0 aromatic heterocycles. The molecule has 2 atom stereocenters. The number of hydrogen-bond acceptors (Lipinski definition) is 3. The summed E-state index contributed by atoms with van der Waals surface area (Å²) < 4.78 is 0. The quantitative estimate of drug-likeness (QED) is 0.674. The van der Waals surface area contributed by atoms with Crippen molar-refractivity contribution < 1.29 is 9.90 Å². The first kappa shape index (κ1) is 14.5. The zero-order valence-electron chi connectivity index (χ0n) is 11.0. The first-order valence-corrected chi connectivity index (χ1v) is 6.65. The van der Waals surface area contributed by atoms with Crippen molar-refractivity contribution in [1.82, 2.24) is 5.32 Å². The van der Waals surface area contributed by atoms with Gasteiger partial charge in [-0.15, -0.1) is 0 Å². The molecule has 1 aliphatic carbocycles. The van der Waals surface area contributed by atoms with Crippen molar-refractivity contribution in [2.45, 2.75) is 52.0 Å². The van der Waals surface area contributed by atoms with Crippen LogP contribution in [0.3, 0.4) is 0 Å². The van der Waals surface area contributed by atoms with Crippen LogP contribution >= 0.6 is 0 Å². The molecular weight excluding hydrogens is 216 g/mol. The second-order valence-corrected chi connectivity index (χ2v) is 5.58. The van der Waals surface area contributed by atoms with Gasteiger partial charge in [0.05, 0.1) is 6.61 Å². The van der Waals surface area contributed by atoms with Gasteiger partial charge in [-0.3, -0.25) is 4.79 Å². The Bertz CT molecular complexity index is 248. The molecule has 0 bridgehead atoms. The second-order valence-electron chi connectivity index (χ2n) is 5.58. The smallest absolute Gasteiger partial charge is 0.224 e. The van der Waals surface area contributed by atoms with E-state index >= 15 is 0 Å². The van der Waals surface area contributed by atoms with Crippen molar-refractivity contribution in [1.29, 1.82) is 0 Å². The van der Waals surface area contributed by atoms with Gasteiger partial charge < -0.3 is 16.2 Å². The van der Waals surface area contributed by atoms with E-state index < -0.39 is 0 Å². The predicted octanol–water partition coefficient (Wildman–Crippen LogP) is 1.03. The molecule has 0 spiro atoms. The van der Waals surface area contributed by atoms with Crippen LogP contribution in [0.15, 0.2) is 0 Å². The van der Waals surface area contributed by atoms with Crippen LogP contribution in [0.25, 0.3) is 0 Å². The maximum Gasteiger partial charge on any atom is 0.224 e. The Morgan fingerprint density at radius 2 is 1.94 bits per heavy atom. The fraction of sp³-hybridized carbons (Fsp3) is 0.923. The molecule has 0 aliphatic heterocycles. The van der Waals surface area contributed by atoms with E-state index in [1.807, 2.05) is 13.8 Å². The summed E-state index contributed by atoms with van der Waals surface area (Å²) in [4.78, 5) is 11.8. The van der Waals surface area contributed by atoms with E-state index in [0.717, 1.165) is 25.7 Å². The molecule has 1 saturated carbocycles. The van der Waals surface area contributed by atoms with E-state index in [9.17, 15) is 9.90 Å². The topological polar surface area (TPSA) is 75.4 Å². The molecule has 100 valence electrons. The third-order valence-electron chi connectivity index (χ3n) is 4.09. The number of nitrogens with two attached hydrogens (primary N) is 1. The van der Waals surface area contributed by atoms with Gasteiger partial charge in [-0.2, -0.15) is 0 Å². The minimum Gasteiger partial charge on any atom is -0.396 e. The predicted molar refractivity (Wildman–Crippen MR) is 68.4 cm³/mol. The van der Waals surface area contributed by atoms with Crippen LogP contribution in [-0.2, 0) is 4.79 Å². The van der Waals surface area contributed by atoms with E-state index in [1.165, 1.54) is 6.42 Å². The molecule has 1 fully saturated rings. The van der Waals surface area contributed by atoms with Gasteiger partial charge in [0.2, 0.25) is 5.91 Å². The zero-order chi connectivity index (χ0) is 12.9.